The molecule has 0 unspecified atom stereocenters. The fourth-order valence-electron chi connectivity index (χ4n) is 2.41. The second-order valence-electron chi connectivity index (χ2n) is 5.11. The molecule has 0 aromatic heterocycles. The van der Waals surface area contributed by atoms with Crippen molar-refractivity contribution in [1.82, 2.24) is 0 Å². The Balaban J connectivity index is 2.18. The number of nitro benzene ring substituents is 1. The van der Waals surface area contributed by atoms with Crippen LogP contribution in [0.25, 0.3) is 0 Å². The van der Waals surface area contributed by atoms with Gasteiger partial charge in [-0.25, -0.2) is 0 Å². The molecule has 0 fully saturated rings. The molecule has 0 aliphatic carbocycles. The molecular formula is C18H19NO5Si. The van der Waals surface area contributed by atoms with Gasteiger partial charge in [-0.3, -0.25) is 10.1 Å². The Bertz CT molecular complexity index is 763. The van der Waals surface area contributed by atoms with Gasteiger partial charge in [0, 0.05) is 0 Å². The van der Waals surface area contributed by atoms with Crippen molar-refractivity contribution in [3.8, 4) is 11.5 Å². The van der Waals surface area contributed by atoms with Gasteiger partial charge in [0.25, 0.3) is 9.76 Å². The predicted molar refractivity (Wildman–Crippen MR) is 96.7 cm³/mol. The lowest BCUT2D eigenvalue weighted by molar-refractivity contribution is -0.386. The highest BCUT2D eigenvalue weighted by molar-refractivity contribution is 6.47. The maximum Gasteiger partial charge on any atom is 0.320 e. The van der Waals surface area contributed by atoms with E-state index >= 15 is 0 Å². The molecule has 0 aliphatic heterocycles. The molecule has 0 atom stereocenters. The van der Waals surface area contributed by atoms with Crippen LogP contribution in [0.4, 0.5) is 5.69 Å². The van der Waals surface area contributed by atoms with Crippen LogP contribution in [0.15, 0.2) is 49.1 Å². The van der Waals surface area contributed by atoms with Gasteiger partial charge in [-0.05, 0) is 29.3 Å². The van der Waals surface area contributed by atoms with E-state index in [9.17, 15) is 10.1 Å². The zero-order valence-electron chi connectivity index (χ0n) is 14.2. The minimum absolute atomic E-state index is 0.0811. The minimum Gasteiger partial charge on any atom is -0.493 e. The van der Waals surface area contributed by atoms with E-state index in [1.165, 1.54) is 14.2 Å². The molecule has 2 aromatic rings. The first-order valence-electron chi connectivity index (χ1n) is 7.57. The van der Waals surface area contributed by atoms with E-state index in [1.54, 1.807) is 12.1 Å². The smallest absolute Gasteiger partial charge is 0.320 e. The molecular weight excluding hydrogens is 338 g/mol. The molecule has 130 valence electrons. The molecule has 2 aromatic carbocycles. The predicted octanol–water partition coefficient (Wildman–Crippen LogP) is 2.80. The Kier molecular flexibility index (Phi) is 6.73. The average molecular weight is 357 g/mol. The van der Waals surface area contributed by atoms with Gasteiger partial charge in [0.15, 0.2) is 5.75 Å². The Labute approximate surface area is 149 Å². The second-order valence-corrected chi connectivity index (χ2v) is 6.14. The molecule has 0 aliphatic rings. The highest BCUT2D eigenvalue weighted by Gasteiger charge is 2.25. The third kappa shape index (κ3) is 4.46. The van der Waals surface area contributed by atoms with E-state index in [1.807, 2.05) is 30.3 Å². The van der Waals surface area contributed by atoms with Gasteiger partial charge in [0.2, 0.25) is 5.75 Å². The Morgan fingerprint density at radius 3 is 2.56 bits per heavy atom. The molecule has 7 heteroatoms. The van der Waals surface area contributed by atoms with Gasteiger partial charge >= 0.3 is 5.69 Å². The van der Waals surface area contributed by atoms with E-state index in [-0.39, 0.29) is 27.8 Å². The number of ether oxygens (including phenoxy) is 2. The Morgan fingerprint density at radius 2 is 1.92 bits per heavy atom. The lowest BCUT2D eigenvalue weighted by atomic mass is 10.1. The van der Waals surface area contributed by atoms with Crippen molar-refractivity contribution in [2.45, 2.75) is 13.0 Å². The quantitative estimate of drug-likeness (QED) is 0.299. The molecule has 25 heavy (non-hydrogen) atoms. The first-order valence-corrected chi connectivity index (χ1v) is 8.48. The molecule has 0 N–H and O–H groups in total. The van der Waals surface area contributed by atoms with Crippen LogP contribution in [0, 0.1) is 10.1 Å². The zero-order valence-corrected chi connectivity index (χ0v) is 15.2. The van der Waals surface area contributed by atoms with Gasteiger partial charge in [-0.2, -0.15) is 0 Å². The maximum atomic E-state index is 11.4. The summed E-state index contributed by atoms with van der Waals surface area (Å²) >= 11 is 0. The number of nitro groups is 1. The topological polar surface area (TPSA) is 70.8 Å². The summed E-state index contributed by atoms with van der Waals surface area (Å²) in [6, 6.07) is 11.2. The van der Waals surface area contributed by atoms with Gasteiger partial charge in [-0.1, -0.05) is 30.3 Å². The SMILES string of the molecule is C=CCc1ccccc1[Si]OCc1ccc(OC)c(OC)c1[N+](=O)[O-]. The number of methoxy groups -OCH3 is 2. The van der Waals surface area contributed by atoms with Crippen LogP contribution in [0.5, 0.6) is 11.5 Å². The second kappa shape index (κ2) is 9.00. The fourth-order valence-corrected chi connectivity index (χ4v) is 3.28. The van der Waals surface area contributed by atoms with E-state index < -0.39 is 4.92 Å². The Hall–Kier alpha value is -2.64. The van der Waals surface area contributed by atoms with Crippen molar-refractivity contribution in [2.24, 2.45) is 0 Å². The van der Waals surface area contributed by atoms with Gasteiger partial charge in [-0.15, -0.1) is 6.58 Å². The van der Waals surface area contributed by atoms with Crippen LogP contribution in [0.2, 0.25) is 0 Å². The number of rotatable bonds is 9. The number of nitrogens with zero attached hydrogens (tertiary/aromatic N) is 1. The summed E-state index contributed by atoms with van der Waals surface area (Å²) in [4.78, 5) is 11.0. The standard InChI is InChI=1S/C18H19NO5Si/c1-4-7-13-8-5-6-9-16(13)25-24-12-14-10-11-15(22-2)18(23-3)17(14)19(20)21/h4-6,8-11H,1,7,12H2,2-3H3. The fraction of sp³-hybridized carbons (Fsp3) is 0.222. The van der Waals surface area contributed by atoms with Crippen LogP contribution in [-0.2, 0) is 17.5 Å². The molecule has 2 radical (unpaired) electrons. The monoisotopic (exact) mass is 357 g/mol. The summed E-state index contributed by atoms with van der Waals surface area (Å²) in [5.41, 5.74) is 1.44. The highest BCUT2D eigenvalue weighted by Crippen LogP contribution is 2.39. The molecule has 6 nitrogen and oxygen atoms in total. The molecule has 0 amide bonds. The van der Waals surface area contributed by atoms with Crippen molar-refractivity contribution in [3.05, 3.63) is 70.3 Å². The zero-order chi connectivity index (χ0) is 18.2. The lowest BCUT2D eigenvalue weighted by Gasteiger charge is -2.12. The van der Waals surface area contributed by atoms with Crippen molar-refractivity contribution >= 4 is 20.6 Å². The Morgan fingerprint density at radius 1 is 1.16 bits per heavy atom. The maximum absolute atomic E-state index is 11.4. The van der Waals surface area contributed by atoms with Crippen LogP contribution < -0.4 is 14.7 Å². The van der Waals surface area contributed by atoms with Crippen molar-refractivity contribution in [3.63, 3.8) is 0 Å². The molecule has 2 rings (SSSR count). The van der Waals surface area contributed by atoms with Gasteiger partial charge < -0.3 is 13.9 Å². The van der Waals surface area contributed by atoms with Gasteiger partial charge in [0.05, 0.1) is 31.3 Å². The number of allylic oxidation sites excluding steroid dienone is 1. The lowest BCUT2D eigenvalue weighted by Crippen LogP contribution is -2.21. The van der Waals surface area contributed by atoms with Crippen LogP contribution in [-0.4, -0.2) is 28.9 Å². The van der Waals surface area contributed by atoms with E-state index in [4.69, 9.17) is 13.9 Å². The summed E-state index contributed by atoms with van der Waals surface area (Å²) in [5, 5.41) is 12.5. The van der Waals surface area contributed by atoms with Crippen LogP contribution >= 0.6 is 0 Å². The third-order valence-electron chi connectivity index (χ3n) is 3.58. The van der Waals surface area contributed by atoms with Crippen LogP contribution in [0.1, 0.15) is 11.1 Å². The van der Waals surface area contributed by atoms with Gasteiger partial charge in [0.1, 0.15) is 0 Å². The average Bonchev–Trinajstić information content (AvgIpc) is 2.62. The number of hydrogen-bond donors (Lipinski definition) is 0. The van der Waals surface area contributed by atoms with Crippen molar-refractivity contribution in [1.29, 1.82) is 0 Å². The van der Waals surface area contributed by atoms with E-state index in [0.717, 1.165) is 17.2 Å². The molecule has 0 saturated heterocycles. The number of hydrogen-bond acceptors (Lipinski definition) is 5. The molecule has 0 saturated carbocycles. The highest BCUT2D eigenvalue weighted by atomic mass is 28.2. The third-order valence-corrected chi connectivity index (χ3v) is 4.57. The summed E-state index contributed by atoms with van der Waals surface area (Å²) in [7, 11) is 2.90. The summed E-state index contributed by atoms with van der Waals surface area (Å²) < 4.78 is 16.0. The van der Waals surface area contributed by atoms with Crippen LogP contribution in [0.3, 0.4) is 0 Å². The first kappa shape index (κ1) is 18.7. The number of benzene rings is 2. The molecule has 0 heterocycles. The normalized spacial score (nSPS) is 10.3. The summed E-state index contributed by atoms with van der Waals surface area (Å²) in [5.74, 6) is 0.417. The minimum atomic E-state index is -0.477. The summed E-state index contributed by atoms with van der Waals surface area (Å²) in [6.07, 6.45) is 2.59. The molecule has 0 spiro atoms. The molecule has 0 bridgehead atoms. The van der Waals surface area contributed by atoms with E-state index in [0.29, 0.717) is 11.3 Å². The van der Waals surface area contributed by atoms with Crippen molar-refractivity contribution in [2.75, 3.05) is 14.2 Å². The summed E-state index contributed by atoms with van der Waals surface area (Å²) in [6.45, 7) is 3.86. The largest absolute Gasteiger partial charge is 0.493 e. The van der Waals surface area contributed by atoms with E-state index in [2.05, 4.69) is 6.58 Å². The first-order chi connectivity index (χ1) is 12.1. The van der Waals surface area contributed by atoms with Crippen molar-refractivity contribution < 1.29 is 18.8 Å².